The molecule has 1 aliphatic heterocycles. The highest BCUT2D eigenvalue weighted by Crippen LogP contribution is 2.36. The quantitative estimate of drug-likeness (QED) is 0.357. The second-order valence-electron chi connectivity index (χ2n) is 7.57. The van der Waals surface area contributed by atoms with E-state index in [0.29, 0.717) is 0 Å². The number of oxime groups is 1. The van der Waals surface area contributed by atoms with Crippen LogP contribution in [0, 0.1) is 0 Å². The van der Waals surface area contributed by atoms with Gasteiger partial charge in [-0.1, -0.05) is 90.1 Å². The molecule has 4 heteroatoms. The third-order valence-electron chi connectivity index (χ3n) is 5.62. The third kappa shape index (κ3) is 3.09. The van der Waals surface area contributed by atoms with E-state index in [1.54, 1.807) is 0 Å². The number of hydrogen-bond donors (Lipinski definition) is 0. The van der Waals surface area contributed by atoms with Gasteiger partial charge in [0.05, 0.1) is 5.52 Å². The lowest BCUT2D eigenvalue weighted by atomic mass is 10.1. The second-order valence-corrected chi connectivity index (χ2v) is 7.57. The third-order valence-corrected chi connectivity index (χ3v) is 5.62. The topological polar surface area (TPSA) is 37.7 Å². The molecule has 1 aromatic heterocycles. The number of pyridine rings is 1. The van der Waals surface area contributed by atoms with Gasteiger partial charge < -0.3 is 4.84 Å². The molecule has 0 saturated carbocycles. The SMILES string of the molecule is c1ccc(C2=NO[C@H](c3ccc4ccccc4n3)N2c2ccc3ccccc3c2)cc1. The molecule has 0 N–H and O–H groups in total. The van der Waals surface area contributed by atoms with Gasteiger partial charge in [-0.3, -0.25) is 4.90 Å². The van der Waals surface area contributed by atoms with E-state index in [1.165, 1.54) is 10.8 Å². The van der Waals surface area contributed by atoms with E-state index in [9.17, 15) is 0 Å². The summed E-state index contributed by atoms with van der Waals surface area (Å²) in [5.41, 5.74) is 3.77. The summed E-state index contributed by atoms with van der Waals surface area (Å²) < 4.78 is 0. The Balaban J connectivity index is 1.50. The van der Waals surface area contributed by atoms with Crippen molar-refractivity contribution in [2.24, 2.45) is 5.16 Å². The Morgan fingerprint density at radius 1 is 0.645 bits per heavy atom. The van der Waals surface area contributed by atoms with Gasteiger partial charge in [0.15, 0.2) is 5.84 Å². The zero-order valence-electron chi connectivity index (χ0n) is 16.7. The molecule has 0 amide bonds. The monoisotopic (exact) mass is 401 g/mol. The number of benzene rings is 4. The van der Waals surface area contributed by atoms with Gasteiger partial charge >= 0.3 is 0 Å². The Bertz CT molecular complexity index is 1430. The Kier molecular flexibility index (Phi) is 4.13. The van der Waals surface area contributed by atoms with E-state index in [1.807, 2.05) is 54.6 Å². The largest absolute Gasteiger partial charge is 0.361 e. The van der Waals surface area contributed by atoms with Crippen molar-refractivity contribution >= 4 is 33.2 Å². The minimum absolute atomic E-state index is 0.444. The molecule has 1 atom stereocenters. The fraction of sp³-hybridized carbons (Fsp3) is 0.0370. The number of anilines is 1. The highest BCUT2D eigenvalue weighted by atomic mass is 16.7. The summed E-state index contributed by atoms with van der Waals surface area (Å²) in [6, 6.07) is 37.1. The summed E-state index contributed by atoms with van der Waals surface area (Å²) in [7, 11) is 0. The van der Waals surface area contributed by atoms with Crippen LogP contribution in [0.15, 0.2) is 114 Å². The normalized spacial score (nSPS) is 15.8. The number of nitrogens with zero attached hydrogens (tertiary/aromatic N) is 3. The predicted octanol–water partition coefficient (Wildman–Crippen LogP) is 6.29. The minimum atomic E-state index is -0.444. The molecule has 0 unspecified atom stereocenters. The summed E-state index contributed by atoms with van der Waals surface area (Å²) in [6.07, 6.45) is -0.444. The van der Waals surface area contributed by atoms with E-state index in [-0.39, 0.29) is 0 Å². The first-order valence-corrected chi connectivity index (χ1v) is 10.3. The lowest BCUT2D eigenvalue weighted by molar-refractivity contribution is 0.0839. The molecule has 1 aliphatic rings. The highest BCUT2D eigenvalue weighted by molar-refractivity contribution is 6.11. The van der Waals surface area contributed by atoms with Crippen molar-refractivity contribution in [2.75, 3.05) is 4.90 Å². The summed E-state index contributed by atoms with van der Waals surface area (Å²) in [5.74, 6) is 0.774. The van der Waals surface area contributed by atoms with Gasteiger partial charge in [-0.25, -0.2) is 4.98 Å². The molecule has 4 aromatic carbocycles. The smallest absolute Gasteiger partial charge is 0.248 e. The van der Waals surface area contributed by atoms with Crippen LogP contribution in [-0.2, 0) is 4.84 Å². The maximum Gasteiger partial charge on any atom is 0.248 e. The number of aromatic nitrogens is 1. The standard InChI is InChI=1S/C27H19N3O/c1-2-10-21(11-3-1)26-29-31-27(25-17-15-20-9-6-7-13-24(20)28-25)30(26)23-16-14-19-8-4-5-12-22(19)18-23/h1-18,27H/t27-/m1/s1. The molecule has 0 radical (unpaired) electrons. The molecule has 5 aromatic rings. The van der Waals surface area contributed by atoms with Crippen LogP contribution in [0.5, 0.6) is 0 Å². The molecular weight excluding hydrogens is 382 g/mol. The lowest BCUT2D eigenvalue weighted by Crippen LogP contribution is -2.31. The summed E-state index contributed by atoms with van der Waals surface area (Å²) in [4.78, 5) is 13.0. The van der Waals surface area contributed by atoms with Gasteiger partial charge in [-0.05, 0) is 35.0 Å². The van der Waals surface area contributed by atoms with Crippen molar-refractivity contribution in [1.82, 2.24) is 4.98 Å². The molecule has 0 fully saturated rings. The first kappa shape index (κ1) is 17.7. The van der Waals surface area contributed by atoms with Gasteiger partial charge in [0.2, 0.25) is 6.23 Å². The Hall–Kier alpha value is -4.18. The van der Waals surface area contributed by atoms with Crippen LogP contribution in [0.1, 0.15) is 17.5 Å². The van der Waals surface area contributed by atoms with Crippen molar-refractivity contribution < 1.29 is 4.84 Å². The van der Waals surface area contributed by atoms with Crippen LogP contribution in [-0.4, -0.2) is 10.8 Å². The van der Waals surface area contributed by atoms with Gasteiger partial charge in [0.25, 0.3) is 0 Å². The zero-order chi connectivity index (χ0) is 20.6. The number of hydrogen-bond acceptors (Lipinski definition) is 4. The van der Waals surface area contributed by atoms with Gasteiger partial charge in [-0.15, -0.1) is 0 Å². The molecule has 0 bridgehead atoms. The van der Waals surface area contributed by atoms with Crippen LogP contribution in [0.2, 0.25) is 0 Å². The molecule has 148 valence electrons. The molecule has 0 saturated heterocycles. The second kappa shape index (κ2) is 7.26. The molecule has 2 heterocycles. The van der Waals surface area contributed by atoms with Crippen molar-refractivity contribution in [3.05, 3.63) is 120 Å². The summed E-state index contributed by atoms with van der Waals surface area (Å²) in [5, 5.41) is 7.96. The van der Waals surface area contributed by atoms with E-state index < -0.39 is 6.23 Å². The van der Waals surface area contributed by atoms with Crippen LogP contribution in [0.3, 0.4) is 0 Å². The van der Waals surface area contributed by atoms with Gasteiger partial charge in [0.1, 0.15) is 5.69 Å². The van der Waals surface area contributed by atoms with E-state index >= 15 is 0 Å². The van der Waals surface area contributed by atoms with E-state index in [2.05, 4.69) is 64.7 Å². The van der Waals surface area contributed by atoms with Crippen LogP contribution in [0.4, 0.5) is 5.69 Å². The Labute approximate surface area is 180 Å². The number of para-hydroxylation sites is 1. The number of rotatable bonds is 3. The highest BCUT2D eigenvalue weighted by Gasteiger charge is 2.35. The molecular formula is C27H19N3O. The molecule has 4 nitrogen and oxygen atoms in total. The maximum absolute atomic E-state index is 5.99. The Morgan fingerprint density at radius 3 is 2.23 bits per heavy atom. The molecule has 6 rings (SSSR count). The molecule has 0 spiro atoms. The number of amidine groups is 1. The zero-order valence-corrected chi connectivity index (χ0v) is 16.7. The van der Waals surface area contributed by atoms with Gasteiger partial charge in [-0.2, -0.15) is 0 Å². The van der Waals surface area contributed by atoms with Crippen LogP contribution < -0.4 is 4.90 Å². The fourth-order valence-corrected chi connectivity index (χ4v) is 4.07. The minimum Gasteiger partial charge on any atom is -0.361 e. The van der Waals surface area contributed by atoms with Crippen LogP contribution >= 0.6 is 0 Å². The molecule has 0 aliphatic carbocycles. The van der Waals surface area contributed by atoms with Crippen molar-refractivity contribution in [1.29, 1.82) is 0 Å². The first-order valence-electron chi connectivity index (χ1n) is 10.3. The average molecular weight is 401 g/mol. The average Bonchev–Trinajstić information content (AvgIpc) is 3.29. The summed E-state index contributed by atoms with van der Waals surface area (Å²) >= 11 is 0. The maximum atomic E-state index is 5.99. The van der Waals surface area contributed by atoms with Crippen LogP contribution in [0.25, 0.3) is 21.7 Å². The lowest BCUT2D eigenvalue weighted by Gasteiger charge is -2.25. The van der Waals surface area contributed by atoms with Crippen molar-refractivity contribution in [2.45, 2.75) is 6.23 Å². The number of fused-ring (bicyclic) bond motifs is 2. The Morgan fingerprint density at radius 2 is 1.35 bits per heavy atom. The van der Waals surface area contributed by atoms with Crippen molar-refractivity contribution in [3.63, 3.8) is 0 Å². The first-order chi connectivity index (χ1) is 15.4. The van der Waals surface area contributed by atoms with Gasteiger partial charge in [0, 0.05) is 16.6 Å². The molecule has 31 heavy (non-hydrogen) atoms. The predicted molar refractivity (Wildman–Crippen MR) is 125 cm³/mol. The fourth-order valence-electron chi connectivity index (χ4n) is 4.07. The summed E-state index contributed by atoms with van der Waals surface area (Å²) in [6.45, 7) is 0. The van der Waals surface area contributed by atoms with E-state index in [4.69, 9.17) is 9.82 Å². The van der Waals surface area contributed by atoms with Crippen molar-refractivity contribution in [3.8, 4) is 0 Å². The van der Waals surface area contributed by atoms with E-state index in [0.717, 1.165) is 33.7 Å².